The third kappa shape index (κ3) is 7.66. The molecule has 16 nitrogen and oxygen atoms in total. The largest absolute Gasteiger partial charge is 0.368 e. The predicted octanol–water partition coefficient (Wildman–Crippen LogP) is 4.97. The second-order valence-electron chi connectivity index (χ2n) is 15.9. The van der Waals surface area contributed by atoms with Crippen LogP contribution in [-0.2, 0) is 10.2 Å². The van der Waals surface area contributed by atoms with Gasteiger partial charge in [-0.1, -0.05) is 24.2 Å². The number of anilines is 5. The highest BCUT2D eigenvalue weighted by Crippen LogP contribution is 2.46. The molecule has 0 spiro atoms. The molecule has 3 aromatic heterocycles. The molecular weight excluding hydrogens is 737 g/mol. The summed E-state index contributed by atoms with van der Waals surface area (Å²) >= 11 is 0. The number of aryl methyl sites for hydroxylation is 1. The molecule has 3 N–H and O–H groups in total. The highest BCUT2D eigenvalue weighted by Gasteiger charge is 2.44. The Bertz CT molecular complexity index is 2330. The van der Waals surface area contributed by atoms with Gasteiger partial charge in [-0.05, 0) is 80.3 Å². The van der Waals surface area contributed by atoms with Gasteiger partial charge in [0.2, 0.25) is 5.91 Å². The monoisotopic (exact) mass is 782 g/mol. The van der Waals surface area contributed by atoms with E-state index in [1.54, 1.807) is 4.90 Å². The Morgan fingerprint density at radius 1 is 0.879 bits per heavy atom. The molecule has 0 radical (unpaired) electrons. The van der Waals surface area contributed by atoms with E-state index in [1.165, 1.54) is 6.33 Å². The number of carbonyl (C=O) groups excluding carboxylic acids is 3. The maximum absolute atomic E-state index is 12.9. The quantitative estimate of drug-likeness (QED) is 0.164. The summed E-state index contributed by atoms with van der Waals surface area (Å²) in [4.78, 5) is 63.5. The average Bonchev–Trinajstić information content (AvgIpc) is 3.75. The molecule has 1 atom stereocenters. The minimum Gasteiger partial charge on any atom is -0.368 e. The number of aromatic nitrogens is 5. The molecule has 58 heavy (non-hydrogen) atoms. The summed E-state index contributed by atoms with van der Waals surface area (Å²) in [5, 5.41) is 12.7. The summed E-state index contributed by atoms with van der Waals surface area (Å²) in [5.74, 6) is 1.30. The summed E-state index contributed by atoms with van der Waals surface area (Å²) in [6.07, 6.45) is 5.77. The molecule has 3 saturated heterocycles. The lowest BCUT2D eigenvalue weighted by molar-refractivity contribution is -0.120. The standard InChI is InChI=1S/C42H46N12O4/c1-26-20-28(4-10-33(26)27(2)46-38(56)39-49-40(50-58-39)42(3)13-14-42)34-21-36(45-25-44-34)47-35-11-9-31(22-43-35)51-16-18-52(19-17-51)32-23-53(24-32)29-5-7-30(8-6-29)54-15-12-37(55)48-41(54)57/h4-11,20-22,25,27,32H,12-19,23-24H2,1-3H3,(H,46,56)(H,48,55,57)(H,43,44,45,47)/t27-/m1/s1. The van der Waals surface area contributed by atoms with Crippen molar-refractivity contribution in [1.29, 1.82) is 0 Å². The summed E-state index contributed by atoms with van der Waals surface area (Å²) in [6, 6.07) is 19.9. The summed E-state index contributed by atoms with van der Waals surface area (Å²) in [6.45, 7) is 12.2. The lowest BCUT2D eigenvalue weighted by Crippen LogP contribution is -2.63. The minimum absolute atomic E-state index is 0.0138. The molecule has 4 fully saturated rings. The van der Waals surface area contributed by atoms with Crippen LogP contribution in [0.4, 0.5) is 33.5 Å². The molecule has 298 valence electrons. The maximum Gasteiger partial charge on any atom is 0.328 e. The van der Waals surface area contributed by atoms with Crippen LogP contribution >= 0.6 is 0 Å². The number of amides is 4. The van der Waals surface area contributed by atoms with Crippen molar-refractivity contribution < 1.29 is 18.9 Å². The van der Waals surface area contributed by atoms with Gasteiger partial charge in [-0.3, -0.25) is 24.7 Å². The van der Waals surface area contributed by atoms with Crippen LogP contribution in [0.15, 0.2) is 77.7 Å². The minimum atomic E-state index is -0.388. The van der Waals surface area contributed by atoms with E-state index in [2.05, 4.69) is 81.9 Å². The van der Waals surface area contributed by atoms with Gasteiger partial charge in [0.1, 0.15) is 18.0 Å². The number of urea groups is 1. The van der Waals surface area contributed by atoms with E-state index >= 15 is 0 Å². The van der Waals surface area contributed by atoms with Gasteiger partial charge in [-0.15, -0.1) is 0 Å². The first kappa shape index (κ1) is 37.2. The zero-order chi connectivity index (χ0) is 40.0. The number of carbonyl (C=O) groups is 3. The van der Waals surface area contributed by atoms with Crippen molar-refractivity contribution >= 4 is 46.5 Å². The Balaban J connectivity index is 0.744. The maximum atomic E-state index is 12.9. The van der Waals surface area contributed by atoms with Crippen LogP contribution in [0.2, 0.25) is 0 Å². The number of hydrogen-bond donors (Lipinski definition) is 3. The number of nitrogens with one attached hydrogen (secondary N) is 3. The number of benzene rings is 2. The zero-order valence-electron chi connectivity index (χ0n) is 32.8. The molecule has 4 aliphatic rings. The van der Waals surface area contributed by atoms with Gasteiger partial charge in [0.05, 0.1) is 23.6 Å². The SMILES string of the molecule is Cc1cc(-c2cc(Nc3ccc(N4CCN(C5CN(c6ccc(N7CCC(=O)NC7=O)cc6)C5)CC4)cn3)ncn2)ccc1[C@@H](C)NC(=O)c1nc(C2(C)CC2)no1. The lowest BCUT2D eigenvalue weighted by Gasteiger charge is -2.49. The molecule has 5 aromatic rings. The van der Waals surface area contributed by atoms with Crippen molar-refractivity contribution in [2.24, 2.45) is 0 Å². The fourth-order valence-electron chi connectivity index (χ4n) is 7.89. The van der Waals surface area contributed by atoms with E-state index < -0.39 is 0 Å². The molecule has 1 aliphatic carbocycles. The second-order valence-corrected chi connectivity index (χ2v) is 15.9. The first-order valence-corrected chi connectivity index (χ1v) is 19.8. The van der Waals surface area contributed by atoms with E-state index in [1.807, 2.05) is 56.4 Å². The fraction of sp³-hybridized carbons (Fsp3) is 0.381. The molecule has 1 saturated carbocycles. The van der Waals surface area contributed by atoms with Crippen LogP contribution < -0.4 is 30.7 Å². The summed E-state index contributed by atoms with van der Waals surface area (Å²) in [5.41, 5.74) is 6.64. The third-order valence-corrected chi connectivity index (χ3v) is 11.8. The molecule has 2 aromatic carbocycles. The fourth-order valence-corrected chi connectivity index (χ4v) is 7.89. The Morgan fingerprint density at radius 3 is 2.34 bits per heavy atom. The Morgan fingerprint density at radius 2 is 1.64 bits per heavy atom. The van der Waals surface area contributed by atoms with Crippen LogP contribution in [0.1, 0.15) is 66.8 Å². The molecule has 16 heteroatoms. The van der Waals surface area contributed by atoms with Crippen molar-refractivity contribution in [3.8, 4) is 11.3 Å². The predicted molar refractivity (Wildman–Crippen MR) is 218 cm³/mol. The number of imide groups is 1. The molecule has 6 heterocycles. The van der Waals surface area contributed by atoms with Gasteiger partial charge in [-0.25, -0.2) is 19.7 Å². The number of piperazine rings is 1. The van der Waals surface area contributed by atoms with E-state index in [0.717, 1.165) is 91.6 Å². The lowest BCUT2D eigenvalue weighted by atomic mass is 9.98. The normalized spacial score (nSPS) is 18.7. The van der Waals surface area contributed by atoms with E-state index in [0.29, 0.717) is 36.5 Å². The Labute approximate surface area is 336 Å². The van der Waals surface area contributed by atoms with Crippen LogP contribution in [0.5, 0.6) is 0 Å². The van der Waals surface area contributed by atoms with Crippen molar-refractivity contribution in [3.63, 3.8) is 0 Å². The van der Waals surface area contributed by atoms with Crippen molar-refractivity contribution in [3.05, 3.63) is 96.0 Å². The highest BCUT2D eigenvalue weighted by atomic mass is 16.5. The first-order chi connectivity index (χ1) is 28.1. The van der Waals surface area contributed by atoms with Crippen molar-refractivity contribution in [2.45, 2.75) is 57.5 Å². The average molecular weight is 783 g/mol. The van der Waals surface area contributed by atoms with Gasteiger partial charge in [-0.2, -0.15) is 4.98 Å². The molecule has 9 rings (SSSR count). The van der Waals surface area contributed by atoms with E-state index in [9.17, 15) is 14.4 Å². The summed E-state index contributed by atoms with van der Waals surface area (Å²) in [7, 11) is 0. The van der Waals surface area contributed by atoms with Gasteiger partial charge < -0.3 is 25.0 Å². The smallest absolute Gasteiger partial charge is 0.328 e. The molecule has 3 aliphatic heterocycles. The van der Waals surface area contributed by atoms with Crippen molar-refractivity contribution in [1.82, 2.24) is 40.6 Å². The summed E-state index contributed by atoms with van der Waals surface area (Å²) < 4.78 is 5.26. The Hall–Kier alpha value is -6.42. The van der Waals surface area contributed by atoms with Crippen molar-refractivity contribution in [2.75, 3.05) is 65.8 Å². The molecular formula is C42H46N12O4. The molecule has 0 bridgehead atoms. The number of nitrogens with zero attached hydrogens (tertiary/aromatic N) is 9. The first-order valence-electron chi connectivity index (χ1n) is 19.8. The Kier molecular flexibility index (Phi) is 9.71. The topological polar surface area (TPSA) is 178 Å². The van der Waals surface area contributed by atoms with Crippen LogP contribution in [0, 0.1) is 6.92 Å². The van der Waals surface area contributed by atoms with Crippen LogP contribution in [0.3, 0.4) is 0 Å². The van der Waals surface area contributed by atoms with E-state index in [4.69, 9.17) is 9.51 Å². The van der Waals surface area contributed by atoms with Crippen LogP contribution in [0.25, 0.3) is 11.3 Å². The second kappa shape index (κ2) is 15.2. The van der Waals surface area contributed by atoms with Gasteiger partial charge in [0.25, 0.3) is 0 Å². The van der Waals surface area contributed by atoms with Gasteiger partial charge in [0.15, 0.2) is 5.82 Å². The third-order valence-electron chi connectivity index (χ3n) is 11.8. The number of pyridine rings is 1. The van der Waals surface area contributed by atoms with Gasteiger partial charge in [0, 0.05) is 86.7 Å². The number of hydrogen-bond acceptors (Lipinski definition) is 13. The number of rotatable bonds is 11. The highest BCUT2D eigenvalue weighted by molar-refractivity contribution is 6.05. The molecule has 0 unspecified atom stereocenters. The van der Waals surface area contributed by atoms with E-state index in [-0.39, 0.29) is 35.2 Å². The van der Waals surface area contributed by atoms with Gasteiger partial charge >= 0.3 is 17.8 Å². The molecule has 4 amide bonds. The zero-order valence-corrected chi connectivity index (χ0v) is 32.8. The van der Waals surface area contributed by atoms with Crippen LogP contribution in [-0.4, -0.2) is 99.7 Å².